The topological polar surface area (TPSA) is 67.9 Å². The first-order valence-electron chi connectivity index (χ1n) is 7.14. The van der Waals surface area contributed by atoms with E-state index in [4.69, 9.17) is 4.84 Å². The molecule has 2 atom stereocenters. The van der Waals surface area contributed by atoms with E-state index < -0.39 is 30.1 Å². The van der Waals surface area contributed by atoms with Gasteiger partial charge >= 0.3 is 18.1 Å². The molecule has 0 unspecified atom stereocenters. The number of unbranched alkanes of at least 4 members (excludes halogenated alkanes) is 1. The molecule has 1 amide bonds. The number of rotatable bonds is 6. The van der Waals surface area contributed by atoms with E-state index >= 15 is 0 Å². The van der Waals surface area contributed by atoms with Gasteiger partial charge in [0.2, 0.25) is 0 Å². The molecule has 9 heteroatoms. The van der Waals surface area contributed by atoms with E-state index in [2.05, 4.69) is 10.2 Å². The van der Waals surface area contributed by atoms with Crippen LogP contribution < -0.4 is 5.48 Å². The van der Waals surface area contributed by atoms with Gasteiger partial charge in [-0.2, -0.15) is 18.7 Å². The van der Waals surface area contributed by atoms with Gasteiger partial charge in [0.05, 0.1) is 13.7 Å². The van der Waals surface area contributed by atoms with E-state index in [-0.39, 0.29) is 13.0 Å². The zero-order chi connectivity index (χ0) is 16.8. The smallest absolute Gasteiger partial charge is 0.467 e. The number of esters is 1. The first kappa shape index (κ1) is 18.7. The zero-order valence-corrected chi connectivity index (χ0v) is 12.6. The molecule has 1 fully saturated rings. The minimum absolute atomic E-state index is 0.0866. The summed E-state index contributed by atoms with van der Waals surface area (Å²) in [4.78, 5) is 28.8. The number of carbonyl (C=O) groups is 2. The van der Waals surface area contributed by atoms with E-state index in [1.165, 1.54) is 0 Å². The maximum absolute atomic E-state index is 12.7. The zero-order valence-electron chi connectivity index (χ0n) is 12.6. The molecule has 1 heterocycles. The number of hydrogen-bond acceptors (Lipinski definition) is 5. The average Bonchev–Trinajstić information content (AvgIpc) is 2.49. The largest absolute Gasteiger partial charge is 0.471 e. The monoisotopic (exact) mass is 326 g/mol. The van der Waals surface area contributed by atoms with Crippen molar-refractivity contribution in [3.63, 3.8) is 0 Å². The number of hydrogen-bond donors (Lipinski definition) is 1. The van der Waals surface area contributed by atoms with Crippen LogP contribution in [0, 0.1) is 0 Å². The summed E-state index contributed by atoms with van der Waals surface area (Å²) in [5.41, 5.74) is 2.66. The first-order chi connectivity index (χ1) is 10.3. The van der Waals surface area contributed by atoms with Crippen molar-refractivity contribution in [2.24, 2.45) is 0 Å². The average molecular weight is 326 g/mol. The SMILES string of the molecule is CCCCON[C@@H]1CC[C@@H](C(=O)OC)N(C(=O)C(F)(F)F)C1. The molecule has 0 saturated carbocycles. The van der Waals surface area contributed by atoms with E-state index in [0.29, 0.717) is 17.9 Å². The molecule has 0 bridgehead atoms. The molecule has 0 spiro atoms. The van der Waals surface area contributed by atoms with Gasteiger partial charge in [-0.25, -0.2) is 4.79 Å². The Bertz CT molecular complexity index is 390. The Hall–Kier alpha value is -1.35. The Kier molecular flexibility index (Phi) is 7.08. The Morgan fingerprint density at radius 1 is 1.32 bits per heavy atom. The van der Waals surface area contributed by atoms with Crippen molar-refractivity contribution >= 4 is 11.9 Å². The second-order valence-corrected chi connectivity index (χ2v) is 5.09. The van der Waals surface area contributed by atoms with Crippen molar-refractivity contribution in [2.75, 3.05) is 20.3 Å². The molecular weight excluding hydrogens is 305 g/mol. The molecular formula is C13H21F3N2O4. The number of amides is 1. The molecule has 1 saturated heterocycles. The third kappa shape index (κ3) is 5.13. The third-order valence-electron chi connectivity index (χ3n) is 3.41. The summed E-state index contributed by atoms with van der Waals surface area (Å²) in [5, 5.41) is 0. The molecule has 1 rings (SSSR count). The summed E-state index contributed by atoms with van der Waals surface area (Å²) in [6, 6.07) is -1.67. The van der Waals surface area contributed by atoms with E-state index in [9.17, 15) is 22.8 Å². The highest BCUT2D eigenvalue weighted by molar-refractivity contribution is 5.87. The molecule has 0 aromatic rings. The summed E-state index contributed by atoms with van der Waals surface area (Å²) >= 11 is 0. The van der Waals surface area contributed by atoms with Crippen molar-refractivity contribution in [2.45, 2.75) is 50.9 Å². The summed E-state index contributed by atoms with van der Waals surface area (Å²) in [5.74, 6) is -2.88. The molecule has 1 aliphatic rings. The lowest BCUT2D eigenvalue weighted by Crippen LogP contribution is -2.58. The minimum atomic E-state index is -5.03. The minimum Gasteiger partial charge on any atom is -0.467 e. The van der Waals surface area contributed by atoms with Crippen LogP contribution in [0.25, 0.3) is 0 Å². The van der Waals surface area contributed by atoms with Crippen LogP contribution in [-0.2, 0) is 19.2 Å². The Morgan fingerprint density at radius 2 is 2.00 bits per heavy atom. The molecule has 1 aliphatic heterocycles. The van der Waals surface area contributed by atoms with E-state index in [1.54, 1.807) is 0 Å². The molecule has 0 aromatic heterocycles. The van der Waals surface area contributed by atoms with Gasteiger partial charge in [0.1, 0.15) is 6.04 Å². The van der Waals surface area contributed by atoms with Crippen LogP contribution in [0.5, 0.6) is 0 Å². The standard InChI is InChI=1S/C13H21F3N2O4/c1-3-4-7-22-17-9-5-6-10(11(19)21-2)18(8-9)12(20)13(14,15)16/h9-10,17H,3-8H2,1-2H3/t9-,10+/m1/s1. The number of alkyl halides is 3. The predicted octanol–water partition coefficient (Wildman–Crippen LogP) is 1.40. The van der Waals surface area contributed by atoms with Crippen LogP contribution in [0.3, 0.4) is 0 Å². The number of carbonyl (C=O) groups excluding carboxylic acids is 2. The first-order valence-corrected chi connectivity index (χ1v) is 7.14. The van der Waals surface area contributed by atoms with Crippen molar-refractivity contribution in [3.05, 3.63) is 0 Å². The maximum Gasteiger partial charge on any atom is 0.471 e. The lowest BCUT2D eigenvalue weighted by atomic mass is 9.98. The van der Waals surface area contributed by atoms with Crippen LogP contribution in [0.15, 0.2) is 0 Å². The highest BCUT2D eigenvalue weighted by atomic mass is 19.4. The predicted molar refractivity (Wildman–Crippen MR) is 70.6 cm³/mol. The summed E-state index contributed by atoms with van der Waals surface area (Å²) in [6.45, 7) is 2.15. The van der Waals surface area contributed by atoms with Gasteiger partial charge in [-0.05, 0) is 19.3 Å². The van der Waals surface area contributed by atoms with Crippen LogP contribution in [0.1, 0.15) is 32.6 Å². The maximum atomic E-state index is 12.7. The van der Waals surface area contributed by atoms with Crippen molar-refractivity contribution in [1.29, 1.82) is 0 Å². The van der Waals surface area contributed by atoms with Crippen molar-refractivity contribution < 1.29 is 32.3 Å². The van der Waals surface area contributed by atoms with Crippen LogP contribution in [-0.4, -0.2) is 55.3 Å². The highest BCUT2D eigenvalue weighted by Gasteiger charge is 2.48. The van der Waals surface area contributed by atoms with Crippen LogP contribution in [0.4, 0.5) is 13.2 Å². The van der Waals surface area contributed by atoms with Gasteiger partial charge < -0.3 is 14.5 Å². The summed E-state index contributed by atoms with van der Waals surface area (Å²) < 4.78 is 42.5. The third-order valence-corrected chi connectivity index (χ3v) is 3.41. The van der Waals surface area contributed by atoms with Gasteiger partial charge in [0.15, 0.2) is 0 Å². The number of ether oxygens (including phenoxy) is 1. The van der Waals surface area contributed by atoms with Gasteiger partial charge in [0.25, 0.3) is 0 Å². The fourth-order valence-electron chi connectivity index (χ4n) is 2.23. The molecule has 6 nitrogen and oxygen atoms in total. The van der Waals surface area contributed by atoms with Crippen molar-refractivity contribution in [1.82, 2.24) is 10.4 Å². The number of halogens is 3. The quantitative estimate of drug-likeness (QED) is 0.454. The second-order valence-electron chi connectivity index (χ2n) is 5.09. The molecule has 1 N–H and O–H groups in total. The number of hydroxylamine groups is 1. The van der Waals surface area contributed by atoms with Crippen LogP contribution in [0.2, 0.25) is 0 Å². The van der Waals surface area contributed by atoms with Gasteiger partial charge in [0, 0.05) is 12.6 Å². The molecule has 128 valence electrons. The summed E-state index contributed by atoms with van der Waals surface area (Å²) in [6.07, 6.45) is -2.79. The van der Waals surface area contributed by atoms with Gasteiger partial charge in [-0.15, -0.1) is 0 Å². The molecule has 22 heavy (non-hydrogen) atoms. The van der Waals surface area contributed by atoms with Gasteiger partial charge in [-0.3, -0.25) is 4.79 Å². The number of methoxy groups -OCH3 is 1. The molecule has 0 aliphatic carbocycles. The second kappa shape index (κ2) is 8.33. The fraction of sp³-hybridized carbons (Fsp3) is 0.846. The Labute approximate surface area is 126 Å². The van der Waals surface area contributed by atoms with E-state index in [1.807, 2.05) is 6.92 Å². The lowest BCUT2D eigenvalue weighted by molar-refractivity contribution is -0.193. The lowest BCUT2D eigenvalue weighted by Gasteiger charge is -2.38. The Morgan fingerprint density at radius 3 is 2.55 bits per heavy atom. The van der Waals surface area contributed by atoms with Crippen molar-refractivity contribution in [3.8, 4) is 0 Å². The highest BCUT2D eigenvalue weighted by Crippen LogP contribution is 2.26. The van der Waals surface area contributed by atoms with E-state index in [0.717, 1.165) is 20.0 Å². The van der Waals surface area contributed by atoms with Crippen LogP contribution >= 0.6 is 0 Å². The molecule has 0 radical (unpaired) electrons. The normalized spacial score (nSPS) is 22.5. The number of nitrogens with one attached hydrogen (secondary N) is 1. The summed E-state index contributed by atoms with van der Waals surface area (Å²) in [7, 11) is 1.08. The Balaban J connectivity index is 2.70. The number of nitrogens with zero attached hydrogens (tertiary/aromatic N) is 1. The molecule has 0 aromatic carbocycles. The number of piperidine rings is 1. The number of likely N-dealkylation sites (tertiary alicyclic amines) is 1. The van der Waals surface area contributed by atoms with Gasteiger partial charge in [-0.1, -0.05) is 13.3 Å². The fourth-order valence-corrected chi connectivity index (χ4v) is 2.23.